The highest BCUT2D eigenvalue weighted by molar-refractivity contribution is 7.92. The first-order chi connectivity index (χ1) is 7.32. The van der Waals surface area contributed by atoms with Crippen LogP contribution in [0.2, 0.25) is 0 Å². The normalized spacial score (nSPS) is 25.1. The van der Waals surface area contributed by atoms with Crippen LogP contribution < -0.4 is 0 Å². The molecule has 0 aromatic heterocycles. The molecule has 0 bridgehead atoms. The zero-order valence-electron chi connectivity index (χ0n) is 9.09. The van der Waals surface area contributed by atoms with Gasteiger partial charge in [0.2, 0.25) is 10.0 Å². The molecule has 96 valence electrons. The molecule has 1 heterocycles. The summed E-state index contributed by atoms with van der Waals surface area (Å²) in [6, 6.07) is -0.414. The molecule has 5 nitrogen and oxygen atoms in total. The number of hydrogen-bond donors (Lipinski definition) is 0. The Balaban J connectivity index is 2.85. The summed E-state index contributed by atoms with van der Waals surface area (Å²) >= 11 is 5.43. The molecule has 16 heavy (non-hydrogen) atoms. The molecule has 0 spiro atoms. The van der Waals surface area contributed by atoms with Crippen molar-refractivity contribution >= 4 is 31.5 Å². The van der Waals surface area contributed by atoms with Gasteiger partial charge in [0, 0.05) is 18.5 Å². The maximum Gasteiger partial charge on any atom is 0.215 e. The summed E-state index contributed by atoms with van der Waals surface area (Å²) in [6.45, 7) is 2.00. The van der Waals surface area contributed by atoms with Crippen molar-refractivity contribution in [3.63, 3.8) is 0 Å². The molecule has 1 aliphatic rings. The topological polar surface area (TPSA) is 71.5 Å². The van der Waals surface area contributed by atoms with E-state index in [4.69, 9.17) is 11.6 Å². The molecule has 0 aromatic rings. The smallest absolute Gasteiger partial charge is 0.215 e. The standard InChI is InChI=1S/C8H16ClNO4S2/c1-2-10(16(13,14)6-4-9)8-3-5-15(11,12)7-8/h8H,2-7H2,1H3. The lowest BCUT2D eigenvalue weighted by Crippen LogP contribution is -2.42. The minimum Gasteiger partial charge on any atom is -0.229 e. The van der Waals surface area contributed by atoms with Crippen molar-refractivity contribution in [2.45, 2.75) is 19.4 Å². The first-order valence-electron chi connectivity index (χ1n) is 5.08. The van der Waals surface area contributed by atoms with Gasteiger partial charge in [0.25, 0.3) is 0 Å². The Hall–Kier alpha value is 0.150. The molecular weight excluding hydrogens is 274 g/mol. The Kier molecular flexibility index (Phi) is 4.62. The van der Waals surface area contributed by atoms with E-state index in [0.29, 0.717) is 13.0 Å². The SMILES string of the molecule is CCN(C1CCS(=O)(=O)C1)S(=O)(=O)CCCl. The van der Waals surface area contributed by atoms with Gasteiger partial charge < -0.3 is 0 Å². The van der Waals surface area contributed by atoms with Crippen molar-refractivity contribution < 1.29 is 16.8 Å². The summed E-state index contributed by atoms with van der Waals surface area (Å²) < 4.78 is 47.5. The zero-order valence-corrected chi connectivity index (χ0v) is 11.5. The van der Waals surface area contributed by atoms with Crippen LogP contribution in [0.1, 0.15) is 13.3 Å². The predicted octanol–water partition coefficient (Wildman–Crippen LogP) is 0.0640. The van der Waals surface area contributed by atoms with E-state index in [1.165, 1.54) is 4.31 Å². The van der Waals surface area contributed by atoms with Crippen LogP contribution in [-0.2, 0) is 19.9 Å². The van der Waals surface area contributed by atoms with Crippen LogP contribution in [0.15, 0.2) is 0 Å². The third-order valence-corrected chi connectivity index (χ3v) is 6.77. The molecule has 1 atom stereocenters. The van der Waals surface area contributed by atoms with E-state index < -0.39 is 25.9 Å². The number of nitrogens with zero attached hydrogens (tertiary/aromatic N) is 1. The fourth-order valence-electron chi connectivity index (χ4n) is 1.90. The Morgan fingerprint density at radius 2 is 2.06 bits per heavy atom. The molecule has 1 aliphatic heterocycles. The number of alkyl halides is 1. The van der Waals surface area contributed by atoms with Crippen molar-refractivity contribution in [3.05, 3.63) is 0 Å². The molecule has 1 fully saturated rings. The summed E-state index contributed by atoms with van der Waals surface area (Å²) in [6.07, 6.45) is 0.387. The van der Waals surface area contributed by atoms with Crippen molar-refractivity contribution in [2.24, 2.45) is 0 Å². The van der Waals surface area contributed by atoms with Crippen molar-refractivity contribution in [1.29, 1.82) is 0 Å². The van der Waals surface area contributed by atoms with Crippen molar-refractivity contribution in [3.8, 4) is 0 Å². The summed E-state index contributed by atoms with van der Waals surface area (Å²) in [5.41, 5.74) is 0. The average molecular weight is 290 g/mol. The van der Waals surface area contributed by atoms with Crippen LogP contribution in [0.5, 0.6) is 0 Å². The Bertz CT molecular complexity index is 431. The molecule has 8 heteroatoms. The molecule has 1 rings (SSSR count). The van der Waals surface area contributed by atoms with E-state index in [0.717, 1.165) is 0 Å². The Labute approximate surface area is 102 Å². The van der Waals surface area contributed by atoms with Gasteiger partial charge in [-0.3, -0.25) is 0 Å². The number of sulfonamides is 1. The van der Waals surface area contributed by atoms with Gasteiger partial charge in [-0.15, -0.1) is 11.6 Å². The van der Waals surface area contributed by atoms with Crippen LogP contribution in [0.4, 0.5) is 0 Å². The molecule has 1 unspecified atom stereocenters. The number of rotatable bonds is 5. The minimum absolute atomic E-state index is 0.0261. The fourth-order valence-corrected chi connectivity index (χ4v) is 5.77. The van der Waals surface area contributed by atoms with Gasteiger partial charge in [0.1, 0.15) is 0 Å². The van der Waals surface area contributed by atoms with Crippen molar-refractivity contribution in [2.75, 3.05) is 29.7 Å². The highest BCUT2D eigenvalue weighted by Gasteiger charge is 2.36. The summed E-state index contributed by atoms with van der Waals surface area (Å²) in [7, 11) is -6.48. The van der Waals surface area contributed by atoms with Crippen molar-refractivity contribution in [1.82, 2.24) is 4.31 Å². The highest BCUT2D eigenvalue weighted by atomic mass is 35.5. The van der Waals surface area contributed by atoms with Crippen LogP contribution in [0.25, 0.3) is 0 Å². The van der Waals surface area contributed by atoms with E-state index >= 15 is 0 Å². The predicted molar refractivity (Wildman–Crippen MR) is 63.9 cm³/mol. The number of sulfone groups is 1. The summed E-state index contributed by atoms with van der Waals surface area (Å²) in [5.74, 6) is -0.107. The number of hydrogen-bond acceptors (Lipinski definition) is 4. The fraction of sp³-hybridized carbons (Fsp3) is 1.00. The van der Waals surface area contributed by atoms with E-state index in [1.807, 2.05) is 0 Å². The van der Waals surface area contributed by atoms with Crippen LogP contribution >= 0.6 is 11.6 Å². The maximum atomic E-state index is 11.8. The molecule has 0 saturated carbocycles. The van der Waals surface area contributed by atoms with E-state index in [2.05, 4.69) is 0 Å². The zero-order chi connectivity index (χ0) is 12.4. The Morgan fingerprint density at radius 1 is 1.44 bits per heavy atom. The quantitative estimate of drug-likeness (QED) is 0.671. The lowest BCUT2D eigenvalue weighted by atomic mass is 10.3. The maximum absolute atomic E-state index is 11.8. The Morgan fingerprint density at radius 3 is 2.44 bits per heavy atom. The molecule has 0 aliphatic carbocycles. The second-order valence-electron chi connectivity index (χ2n) is 3.77. The van der Waals surface area contributed by atoms with Gasteiger partial charge in [0.05, 0.1) is 17.3 Å². The van der Waals surface area contributed by atoms with Gasteiger partial charge in [0.15, 0.2) is 9.84 Å². The van der Waals surface area contributed by atoms with Crippen LogP contribution in [0, 0.1) is 0 Å². The van der Waals surface area contributed by atoms with E-state index in [-0.39, 0.29) is 23.1 Å². The molecule has 1 saturated heterocycles. The minimum atomic E-state index is -3.42. The van der Waals surface area contributed by atoms with Crippen LogP contribution in [0.3, 0.4) is 0 Å². The van der Waals surface area contributed by atoms with E-state index in [9.17, 15) is 16.8 Å². The summed E-state index contributed by atoms with van der Waals surface area (Å²) in [4.78, 5) is 0. The van der Waals surface area contributed by atoms with Gasteiger partial charge in [-0.05, 0) is 6.42 Å². The van der Waals surface area contributed by atoms with Crippen LogP contribution in [-0.4, -0.2) is 56.9 Å². The van der Waals surface area contributed by atoms with Gasteiger partial charge in [-0.25, -0.2) is 16.8 Å². The third kappa shape index (κ3) is 3.32. The monoisotopic (exact) mass is 289 g/mol. The first kappa shape index (κ1) is 14.2. The highest BCUT2D eigenvalue weighted by Crippen LogP contribution is 2.20. The third-order valence-electron chi connectivity index (χ3n) is 2.62. The number of halogens is 1. The lowest BCUT2D eigenvalue weighted by Gasteiger charge is -2.25. The average Bonchev–Trinajstić information content (AvgIpc) is 2.46. The molecule has 0 amide bonds. The molecule has 0 aromatic carbocycles. The molecule has 0 radical (unpaired) electrons. The molecular formula is C8H16ClNO4S2. The van der Waals surface area contributed by atoms with E-state index in [1.54, 1.807) is 6.92 Å². The second-order valence-corrected chi connectivity index (χ2v) is 8.41. The van der Waals surface area contributed by atoms with Gasteiger partial charge in [-0.1, -0.05) is 6.92 Å². The lowest BCUT2D eigenvalue weighted by molar-refractivity contribution is 0.355. The van der Waals surface area contributed by atoms with Gasteiger partial charge >= 0.3 is 0 Å². The largest absolute Gasteiger partial charge is 0.229 e. The second kappa shape index (κ2) is 5.20. The van der Waals surface area contributed by atoms with Gasteiger partial charge in [-0.2, -0.15) is 4.31 Å². The summed E-state index contributed by atoms with van der Waals surface area (Å²) in [5, 5.41) is 0. The first-order valence-corrected chi connectivity index (χ1v) is 9.05. The molecule has 0 N–H and O–H groups in total.